The maximum Gasteiger partial charge on any atom is 0.0410 e. The van der Waals surface area contributed by atoms with Gasteiger partial charge in [-0.2, -0.15) is 0 Å². The van der Waals surface area contributed by atoms with Crippen molar-refractivity contribution in [2.75, 3.05) is 7.05 Å². The Balaban J connectivity index is 2.95. The molecule has 0 bridgehead atoms. The summed E-state index contributed by atoms with van der Waals surface area (Å²) >= 11 is 7.86. The van der Waals surface area contributed by atoms with E-state index in [9.17, 15) is 0 Å². The third-order valence-electron chi connectivity index (χ3n) is 1.81. The van der Waals surface area contributed by atoms with Gasteiger partial charge in [-0.3, -0.25) is 0 Å². The zero-order valence-corrected chi connectivity index (χ0v) is 11.3. The van der Waals surface area contributed by atoms with Gasteiger partial charge in [-0.1, -0.05) is 32.4 Å². The molecule has 1 rings (SSSR count). The van der Waals surface area contributed by atoms with E-state index in [4.69, 9.17) is 11.6 Å². The molecule has 0 aromatic heterocycles. The van der Waals surface area contributed by atoms with Crippen LogP contribution in [0.1, 0.15) is 26.3 Å². The normalized spacial score (nSPS) is 11.8. The Bertz CT molecular complexity index is 331. The number of rotatable bonds is 3. The highest BCUT2D eigenvalue weighted by Gasteiger charge is 2.14. The van der Waals surface area contributed by atoms with Gasteiger partial charge in [-0.15, -0.1) is 11.8 Å². The van der Waals surface area contributed by atoms with Crippen LogP contribution in [0.3, 0.4) is 0 Å². The Hall–Kier alpha value is -0.180. The lowest BCUT2D eigenvalue weighted by molar-refractivity contribution is 0.786. The van der Waals surface area contributed by atoms with Crippen LogP contribution in [0, 0.1) is 0 Å². The number of halogens is 1. The summed E-state index contributed by atoms with van der Waals surface area (Å²) < 4.78 is 0.232. The molecule has 0 aliphatic carbocycles. The molecule has 0 saturated heterocycles. The Morgan fingerprint density at radius 3 is 2.53 bits per heavy atom. The lowest BCUT2D eigenvalue weighted by Crippen LogP contribution is -2.10. The molecule has 1 nitrogen and oxygen atoms in total. The van der Waals surface area contributed by atoms with Gasteiger partial charge < -0.3 is 5.32 Å². The molecule has 84 valence electrons. The second kappa shape index (κ2) is 5.24. The molecule has 0 fully saturated rings. The summed E-state index contributed by atoms with van der Waals surface area (Å²) in [6.45, 7) is 7.51. The van der Waals surface area contributed by atoms with E-state index in [-0.39, 0.29) is 4.75 Å². The summed E-state index contributed by atoms with van der Waals surface area (Å²) in [5.41, 5.74) is 1.27. The Morgan fingerprint density at radius 2 is 2.00 bits per heavy atom. The summed E-state index contributed by atoms with van der Waals surface area (Å²) in [5, 5.41) is 3.97. The Morgan fingerprint density at radius 1 is 1.33 bits per heavy atom. The first kappa shape index (κ1) is 12.9. The molecule has 0 heterocycles. The molecule has 1 aromatic rings. The second-order valence-electron chi connectivity index (χ2n) is 4.50. The van der Waals surface area contributed by atoms with Crippen LogP contribution in [0.2, 0.25) is 5.02 Å². The molecule has 0 aliphatic heterocycles. The van der Waals surface area contributed by atoms with E-state index in [1.165, 1.54) is 10.5 Å². The van der Waals surface area contributed by atoms with E-state index in [1.807, 2.05) is 30.9 Å². The largest absolute Gasteiger partial charge is 0.316 e. The number of hydrogen-bond donors (Lipinski definition) is 1. The molecule has 1 aromatic carbocycles. The third-order valence-corrected chi connectivity index (χ3v) is 3.27. The van der Waals surface area contributed by atoms with Gasteiger partial charge in [0.25, 0.3) is 0 Å². The third kappa shape index (κ3) is 4.45. The fourth-order valence-corrected chi connectivity index (χ4v) is 2.56. The predicted octanol–water partition coefficient (Wildman–Crippen LogP) is 3.95. The molecule has 0 atom stereocenters. The summed E-state index contributed by atoms with van der Waals surface area (Å²) in [5.74, 6) is 0. The lowest BCUT2D eigenvalue weighted by Gasteiger charge is -2.20. The molecular formula is C12H18ClNS. The number of benzene rings is 1. The maximum atomic E-state index is 5.99. The van der Waals surface area contributed by atoms with Gasteiger partial charge in [0.15, 0.2) is 0 Å². The van der Waals surface area contributed by atoms with Gasteiger partial charge in [0, 0.05) is 21.2 Å². The molecule has 1 N–H and O–H groups in total. The van der Waals surface area contributed by atoms with Crippen LogP contribution >= 0.6 is 23.4 Å². The molecule has 0 amide bonds. The van der Waals surface area contributed by atoms with Crippen LogP contribution in [0.4, 0.5) is 0 Å². The van der Waals surface area contributed by atoms with Crippen molar-refractivity contribution >= 4 is 23.4 Å². The van der Waals surface area contributed by atoms with Gasteiger partial charge in [0.2, 0.25) is 0 Å². The zero-order valence-electron chi connectivity index (χ0n) is 9.73. The minimum Gasteiger partial charge on any atom is -0.316 e. The lowest BCUT2D eigenvalue weighted by atomic mass is 10.2. The van der Waals surface area contributed by atoms with Crippen molar-refractivity contribution in [3.63, 3.8) is 0 Å². The highest BCUT2D eigenvalue weighted by Crippen LogP contribution is 2.35. The van der Waals surface area contributed by atoms with E-state index >= 15 is 0 Å². The molecule has 0 unspecified atom stereocenters. The van der Waals surface area contributed by atoms with Crippen LogP contribution in [0.25, 0.3) is 0 Å². The van der Waals surface area contributed by atoms with Crippen molar-refractivity contribution in [1.29, 1.82) is 0 Å². The van der Waals surface area contributed by atoms with Crippen molar-refractivity contribution in [3.05, 3.63) is 28.8 Å². The fraction of sp³-hybridized carbons (Fsp3) is 0.500. The summed E-state index contributed by atoms with van der Waals surface area (Å²) in [6, 6.07) is 6.09. The quantitative estimate of drug-likeness (QED) is 0.807. The highest BCUT2D eigenvalue weighted by molar-refractivity contribution is 8.00. The monoisotopic (exact) mass is 243 g/mol. The van der Waals surface area contributed by atoms with E-state index in [2.05, 4.69) is 32.2 Å². The summed E-state index contributed by atoms with van der Waals surface area (Å²) in [6.07, 6.45) is 0. The second-order valence-corrected chi connectivity index (χ2v) is 6.80. The van der Waals surface area contributed by atoms with Crippen LogP contribution in [-0.2, 0) is 6.54 Å². The van der Waals surface area contributed by atoms with Crippen LogP contribution in [0.15, 0.2) is 23.1 Å². The maximum absolute atomic E-state index is 5.99. The van der Waals surface area contributed by atoms with Gasteiger partial charge >= 0.3 is 0 Å². The van der Waals surface area contributed by atoms with E-state index < -0.39 is 0 Å². The number of nitrogens with one attached hydrogen (secondary N) is 1. The first-order valence-corrected chi connectivity index (χ1v) is 6.24. The molecule has 0 radical (unpaired) electrons. The average Bonchev–Trinajstić information content (AvgIpc) is 2.08. The molecular weight excluding hydrogens is 226 g/mol. The minimum atomic E-state index is 0.232. The highest BCUT2D eigenvalue weighted by atomic mass is 35.5. The van der Waals surface area contributed by atoms with Gasteiger partial charge in [0.1, 0.15) is 0 Å². The molecule has 15 heavy (non-hydrogen) atoms. The number of hydrogen-bond acceptors (Lipinski definition) is 2. The van der Waals surface area contributed by atoms with Crippen LogP contribution in [0.5, 0.6) is 0 Å². The van der Waals surface area contributed by atoms with Crippen molar-refractivity contribution in [3.8, 4) is 0 Å². The van der Waals surface area contributed by atoms with Crippen LogP contribution < -0.4 is 5.32 Å². The first-order valence-electron chi connectivity index (χ1n) is 5.04. The topological polar surface area (TPSA) is 12.0 Å². The smallest absolute Gasteiger partial charge is 0.0410 e. The molecule has 3 heteroatoms. The fourth-order valence-electron chi connectivity index (χ4n) is 1.31. The van der Waals surface area contributed by atoms with Crippen molar-refractivity contribution in [1.82, 2.24) is 5.32 Å². The van der Waals surface area contributed by atoms with Crippen molar-refractivity contribution < 1.29 is 0 Å². The summed E-state index contributed by atoms with van der Waals surface area (Å²) in [7, 11) is 1.95. The molecule has 0 saturated carbocycles. The summed E-state index contributed by atoms with van der Waals surface area (Å²) in [4.78, 5) is 1.31. The Kier molecular flexibility index (Phi) is 4.50. The van der Waals surface area contributed by atoms with Gasteiger partial charge in [-0.05, 0) is 30.8 Å². The van der Waals surface area contributed by atoms with Gasteiger partial charge in [0.05, 0.1) is 0 Å². The standard InChI is InChI=1S/C12H18ClNS/c1-12(2,3)15-11-6-5-10(13)7-9(11)8-14-4/h5-7,14H,8H2,1-4H3. The minimum absolute atomic E-state index is 0.232. The SMILES string of the molecule is CNCc1cc(Cl)ccc1SC(C)(C)C. The zero-order chi connectivity index (χ0) is 11.5. The van der Waals surface area contributed by atoms with E-state index in [1.54, 1.807) is 0 Å². The van der Waals surface area contributed by atoms with Crippen molar-refractivity contribution in [2.45, 2.75) is 37.0 Å². The van der Waals surface area contributed by atoms with E-state index in [0.717, 1.165) is 11.6 Å². The first-order chi connectivity index (χ1) is 6.92. The molecule has 0 aliphatic rings. The Labute approximate surface area is 102 Å². The van der Waals surface area contributed by atoms with Gasteiger partial charge in [-0.25, -0.2) is 0 Å². The predicted molar refractivity (Wildman–Crippen MR) is 69.8 cm³/mol. The van der Waals surface area contributed by atoms with Crippen LogP contribution in [-0.4, -0.2) is 11.8 Å². The molecule has 0 spiro atoms. The van der Waals surface area contributed by atoms with E-state index in [0.29, 0.717) is 0 Å². The van der Waals surface area contributed by atoms with Crippen molar-refractivity contribution in [2.24, 2.45) is 0 Å². The number of thioether (sulfide) groups is 1. The average molecular weight is 244 g/mol.